The molecule has 2 aliphatic rings. The highest BCUT2D eigenvalue weighted by molar-refractivity contribution is 6.30. The van der Waals surface area contributed by atoms with Gasteiger partial charge in [0, 0.05) is 11.1 Å². The molecule has 1 unspecified atom stereocenters. The molecule has 0 aromatic heterocycles. The molecule has 1 nitrogen and oxygen atoms in total. The average molecular weight is 222 g/mol. The van der Waals surface area contributed by atoms with Crippen molar-refractivity contribution in [3.05, 3.63) is 34.3 Å². The summed E-state index contributed by atoms with van der Waals surface area (Å²) in [6, 6.07) is 6.95. The SMILES string of the molecule is CNC1CCC2(CC2)c2cc(Cl)ccc21. The highest BCUT2D eigenvalue weighted by Crippen LogP contribution is 2.57. The Morgan fingerprint density at radius 3 is 2.80 bits per heavy atom. The lowest BCUT2D eigenvalue weighted by atomic mass is 9.78. The summed E-state index contributed by atoms with van der Waals surface area (Å²) in [5.41, 5.74) is 3.50. The molecule has 1 aromatic carbocycles. The summed E-state index contributed by atoms with van der Waals surface area (Å²) < 4.78 is 0. The van der Waals surface area contributed by atoms with Crippen molar-refractivity contribution in [3.8, 4) is 0 Å². The van der Waals surface area contributed by atoms with E-state index in [1.165, 1.54) is 36.8 Å². The fourth-order valence-electron chi connectivity index (χ4n) is 2.97. The topological polar surface area (TPSA) is 12.0 Å². The second kappa shape index (κ2) is 3.23. The van der Waals surface area contributed by atoms with Gasteiger partial charge in [0.2, 0.25) is 0 Å². The van der Waals surface area contributed by atoms with Crippen molar-refractivity contribution in [1.29, 1.82) is 0 Å². The second-order valence-corrected chi connectivity index (χ2v) is 5.33. The molecule has 1 saturated carbocycles. The lowest BCUT2D eigenvalue weighted by Crippen LogP contribution is -2.26. The first-order valence-electron chi connectivity index (χ1n) is 5.72. The van der Waals surface area contributed by atoms with Gasteiger partial charge in [-0.15, -0.1) is 0 Å². The molecule has 2 heteroatoms. The zero-order valence-corrected chi connectivity index (χ0v) is 9.77. The standard InChI is InChI=1S/C13H16ClN/c1-15-12-4-5-13(6-7-13)11-8-9(14)2-3-10(11)12/h2-3,8,12,15H,4-7H2,1H3. The number of rotatable bonds is 1. The van der Waals surface area contributed by atoms with Crippen molar-refractivity contribution in [3.63, 3.8) is 0 Å². The average Bonchev–Trinajstić information content (AvgIpc) is 3.01. The van der Waals surface area contributed by atoms with E-state index >= 15 is 0 Å². The molecule has 1 fully saturated rings. The van der Waals surface area contributed by atoms with Gasteiger partial charge in [-0.3, -0.25) is 0 Å². The third kappa shape index (κ3) is 1.41. The monoisotopic (exact) mass is 221 g/mol. The molecule has 1 spiro atoms. The first-order valence-corrected chi connectivity index (χ1v) is 6.10. The molecule has 1 aromatic rings. The summed E-state index contributed by atoms with van der Waals surface area (Å²) in [6.07, 6.45) is 5.31. The minimum atomic E-state index is 0.508. The molecule has 0 saturated heterocycles. The first kappa shape index (κ1) is 9.68. The maximum atomic E-state index is 6.10. The Bertz CT molecular complexity index is 396. The van der Waals surface area contributed by atoms with E-state index in [4.69, 9.17) is 11.6 Å². The molecular weight excluding hydrogens is 206 g/mol. The molecule has 0 bridgehead atoms. The van der Waals surface area contributed by atoms with Gasteiger partial charge in [0.25, 0.3) is 0 Å². The van der Waals surface area contributed by atoms with E-state index in [-0.39, 0.29) is 0 Å². The van der Waals surface area contributed by atoms with Gasteiger partial charge >= 0.3 is 0 Å². The fourth-order valence-corrected chi connectivity index (χ4v) is 3.14. The predicted molar refractivity (Wildman–Crippen MR) is 63.4 cm³/mol. The van der Waals surface area contributed by atoms with Crippen LogP contribution in [-0.2, 0) is 5.41 Å². The molecular formula is C13H16ClN. The highest BCUT2D eigenvalue weighted by Gasteiger charge is 2.48. The molecule has 15 heavy (non-hydrogen) atoms. The summed E-state index contributed by atoms with van der Waals surface area (Å²) in [5.74, 6) is 0. The summed E-state index contributed by atoms with van der Waals surface area (Å²) in [7, 11) is 2.05. The van der Waals surface area contributed by atoms with Crippen LogP contribution in [0.25, 0.3) is 0 Å². The van der Waals surface area contributed by atoms with E-state index < -0.39 is 0 Å². The van der Waals surface area contributed by atoms with Crippen LogP contribution in [0.4, 0.5) is 0 Å². The van der Waals surface area contributed by atoms with Gasteiger partial charge in [-0.1, -0.05) is 17.7 Å². The minimum Gasteiger partial charge on any atom is -0.313 e. The zero-order chi connectivity index (χ0) is 10.5. The van der Waals surface area contributed by atoms with Crippen molar-refractivity contribution < 1.29 is 0 Å². The molecule has 0 heterocycles. The molecule has 3 rings (SSSR count). The predicted octanol–water partition coefficient (Wildman–Crippen LogP) is 3.43. The third-order valence-electron chi connectivity index (χ3n) is 4.08. The molecule has 0 amide bonds. The van der Waals surface area contributed by atoms with E-state index in [0.29, 0.717) is 11.5 Å². The second-order valence-electron chi connectivity index (χ2n) is 4.89. The smallest absolute Gasteiger partial charge is 0.0409 e. The van der Waals surface area contributed by atoms with Crippen molar-refractivity contribution in [2.75, 3.05) is 7.05 Å². The van der Waals surface area contributed by atoms with Crippen LogP contribution in [0, 0.1) is 0 Å². The van der Waals surface area contributed by atoms with Crippen LogP contribution < -0.4 is 5.32 Å². The van der Waals surface area contributed by atoms with E-state index in [2.05, 4.69) is 17.4 Å². The Hall–Kier alpha value is -0.530. The molecule has 80 valence electrons. The lowest BCUT2D eigenvalue weighted by molar-refractivity contribution is 0.435. The Morgan fingerprint density at radius 2 is 2.13 bits per heavy atom. The molecule has 0 aliphatic heterocycles. The largest absolute Gasteiger partial charge is 0.313 e. The molecule has 1 atom stereocenters. The normalized spacial score (nSPS) is 26.4. The summed E-state index contributed by atoms with van der Waals surface area (Å²) in [6.45, 7) is 0. The van der Waals surface area contributed by atoms with Gasteiger partial charge in [0.05, 0.1) is 0 Å². The zero-order valence-electron chi connectivity index (χ0n) is 9.02. The molecule has 0 radical (unpaired) electrons. The van der Waals surface area contributed by atoms with Crippen LogP contribution in [-0.4, -0.2) is 7.05 Å². The highest BCUT2D eigenvalue weighted by atomic mass is 35.5. The van der Waals surface area contributed by atoms with E-state index in [9.17, 15) is 0 Å². The number of hydrogen-bond donors (Lipinski definition) is 1. The summed E-state index contributed by atoms with van der Waals surface area (Å²) in [5, 5.41) is 4.29. The van der Waals surface area contributed by atoms with Crippen LogP contribution in [0.2, 0.25) is 5.02 Å². The Labute approximate surface area is 95.8 Å². The molecule has 1 N–H and O–H groups in total. The molecule has 2 aliphatic carbocycles. The van der Waals surface area contributed by atoms with Crippen LogP contribution in [0.5, 0.6) is 0 Å². The van der Waals surface area contributed by atoms with Gasteiger partial charge in [-0.2, -0.15) is 0 Å². The maximum absolute atomic E-state index is 6.10. The summed E-state index contributed by atoms with van der Waals surface area (Å²) in [4.78, 5) is 0. The Kier molecular flexibility index (Phi) is 2.08. The van der Waals surface area contributed by atoms with Crippen LogP contribution in [0.3, 0.4) is 0 Å². The van der Waals surface area contributed by atoms with Crippen LogP contribution >= 0.6 is 11.6 Å². The van der Waals surface area contributed by atoms with Crippen molar-refractivity contribution in [2.24, 2.45) is 0 Å². The third-order valence-corrected chi connectivity index (χ3v) is 4.31. The quantitative estimate of drug-likeness (QED) is 0.766. The van der Waals surface area contributed by atoms with Crippen LogP contribution in [0.1, 0.15) is 42.9 Å². The van der Waals surface area contributed by atoms with Gasteiger partial charge < -0.3 is 5.32 Å². The van der Waals surface area contributed by atoms with Crippen molar-refractivity contribution >= 4 is 11.6 Å². The fraction of sp³-hybridized carbons (Fsp3) is 0.538. The van der Waals surface area contributed by atoms with Gasteiger partial charge in [-0.05, 0) is 61.4 Å². The number of hydrogen-bond acceptors (Lipinski definition) is 1. The minimum absolute atomic E-state index is 0.508. The van der Waals surface area contributed by atoms with Gasteiger partial charge in [-0.25, -0.2) is 0 Å². The van der Waals surface area contributed by atoms with E-state index in [1.54, 1.807) is 0 Å². The maximum Gasteiger partial charge on any atom is 0.0409 e. The summed E-state index contributed by atoms with van der Waals surface area (Å²) >= 11 is 6.10. The Morgan fingerprint density at radius 1 is 1.33 bits per heavy atom. The number of fused-ring (bicyclic) bond motifs is 2. The van der Waals surface area contributed by atoms with Crippen molar-refractivity contribution in [1.82, 2.24) is 5.32 Å². The Balaban J connectivity index is 2.12. The number of benzene rings is 1. The van der Waals surface area contributed by atoms with E-state index in [1.807, 2.05) is 13.1 Å². The number of halogens is 1. The van der Waals surface area contributed by atoms with Gasteiger partial charge in [0.15, 0.2) is 0 Å². The number of nitrogens with one attached hydrogen (secondary N) is 1. The lowest BCUT2D eigenvalue weighted by Gasteiger charge is -2.31. The van der Waals surface area contributed by atoms with Crippen LogP contribution in [0.15, 0.2) is 18.2 Å². The van der Waals surface area contributed by atoms with E-state index in [0.717, 1.165) is 5.02 Å². The first-order chi connectivity index (χ1) is 7.25. The van der Waals surface area contributed by atoms with Crippen molar-refractivity contribution in [2.45, 2.75) is 37.1 Å². The van der Waals surface area contributed by atoms with Gasteiger partial charge in [0.1, 0.15) is 0 Å².